The van der Waals surface area contributed by atoms with E-state index in [1.54, 1.807) is 24.4 Å². The summed E-state index contributed by atoms with van der Waals surface area (Å²) < 4.78 is 15.6. The number of carbonyl (C=O) groups excluding carboxylic acids is 1. The van der Waals surface area contributed by atoms with E-state index in [9.17, 15) is 9.18 Å². The molecule has 0 aliphatic carbocycles. The second-order valence-electron chi connectivity index (χ2n) is 6.93. The number of aliphatic imine (C=N–C) groups is 1. The number of nitrogens with zero attached hydrogens (tertiary/aromatic N) is 4. The van der Waals surface area contributed by atoms with Crippen LogP contribution >= 0.6 is 11.6 Å². The number of hydrogen-bond acceptors (Lipinski definition) is 4. The molecule has 0 radical (unpaired) electrons. The molecule has 1 atom stereocenters. The fourth-order valence-corrected chi connectivity index (χ4v) is 3.14. The quantitative estimate of drug-likeness (QED) is 0.218. The maximum atomic E-state index is 14.1. The fraction of sp³-hybridized carbons (Fsp3) is 0.273. The average molecular weight is 443 g/mol. The van der Waals surface area contributed by atoms with E-state index in [1.807, 2.05) is 30.3 Å². The largest absolute Gasteiger partial charge is 0.386 e. The number of amidine groups is 1. The molecule has 0 saturated carbocycles. The third kappa shape index (κ3) is 6.36. The van der Waals surface area contributed by atoms with Gasteiger partial charge in [-0.3, -0.25) is 9.79 Å². The Morgan fingerprint density at radius 3 is 2.68 bits per heavy atom. The molecule has 0 fully saturated rings. The highest BCUT2D eigenvalue weighted by atomic mass is 35.5. The van der Waals surface area contributed by atoms with Crippen molar-refractivity contribution in [2.75, 3.05) is 12.4 Å². The molecule has 3 aromatic rings. The average Bonchev–Trinajstić information content (AvgIpc) is 3.27. The molecule has 9 heteroatoms. The van der Waals surface area contributed by atoms with Gasteiger partial charge in [0.2, 0.25) is 5.91 Å². The van der Waals surface area contributed by atoms with E-state index in [0.29, 0.717) is 43.0 Å². The summed E-state index contributed by atoms with van der Waals surface area (Å²) in [7, 11) is 0. The van der Waals surface area contributed by atoms with Crippen LogP contribution in [0, 0.1) is 5.82 Å². The molecule has 0 saturated heterocycles. The van der Waals surface area contributed by atoms with Crippen LogP contribution in [0.4, 0.5) is 4.39 Å². The summed E-state index contributed by atoms with van der Waals surface area (Å²) in [6.45, 7) is 0.832. The molecular formula is C22H24ClFN6O. The highest BCUT2D eigenvalue weighted by Gasteiger charge is 2.22. The number of benzene rings is 2. The van der Waals surface area contributed by atoms with Crippen LogP contribution in [0.15, 0.2) is 65.8 Å². The highest BCUT2D eigenvalue weighted by molar-refractivity contribution is 6.27. The number of alkyl halides is 1. The number of nitrogens with two attached hydrogens (primary N) is 1. The lowest BCUT2D eigenvalue weighted by molar-refractivity contribution is -0.125. The van der Waals surface area contributed by atoms with Gasteiger partial charge in [0.15, 0.2) is 0 Å². The Morgan fingerprint density at radius 2 is 1.94 bits per heavy atom. The lowest BCUT2D eigenvalue weighted by Crippen LogP contribution is -2.32. The third-order valence-corrected chi connectivity index (χ3v) is 4.95. The van der Waals surface area contributed by atoms with E-state index in [-0.39, 0.29) is 11.8 Å². The maximum absolute atomic E-state index is 14.1. The molecule has 0 spiro atoms. The SMILES string of the molecule is NC(CCl)=NCCCC(C(=O)NCc1ccccc1)n1cc(-c2ccccc2F)nn1. The van der Waals surface area contributed by atoms with E-state index in [0.717, 1.165) is 5.56 Å². The van der Waals surface area contributed by atoms with Crippen molar-refractivity contribution in [1.29, 1.82) is 0 Å². The summed E-state index contributed by atoms with van der Waals surface area (Å²) in [5.74, 6) is -0.0845. The zero-order valence-electron chi connectivity index (χ0n) is 16.9. The number of hydrogen-bond donors (Lipinski definition) is 2. The van der Waals surface area contributed by atoms with Crippen molar-refractivity contribution in [3.63, 3.8) is 0 Å². The van der Waals surface area contributed by atoms with Crippen LogP contribution < -0.4 is 11.1 Å². The lowest BCUT2D eigenvalue weighted by Gasteiger charge is -2.16. The Hall–Kier alpha value is -3.26. The molecule has 1 heterocycles. The summed E-state index contributed by atoms with van der Waals surface area (Å²) in [6.07, 6.45) is 2.64. The maximum Gasteiger partial charge on any atom is 0.245 e. The monoisotopic (exact) mass is 442 g/mol. The van der Waals surface area contributed by atoms with Gasteiger partial charge >= 0.3 is 0 Å². The van der Waals surface area contributed by atoms with Crippen molar-refractivity contribution in [2.24, 2.45) is 10.7 Å². The molecule has 0 aliphatic rings. The molecule has 3 rings (SSSR count). The van der Waals surface area contributed by atoms with Crippen LogP contribution in [0.2, 0.25) is 0 Å². The predicted octanol–water partition coefficient (Wildman–Crippen LogP) is 3.32. The molecule has 0 aliphatic heterocycles. The zero-order valence-corrected chi connectivity index (χ0v) is 17.7. The van der Waals surface area contributed by atoms with E-state index in [4.69, 9.17) is 17.3 Å². The van der Waals surface area contributed by atoms with E-state index in [1.165, 1.54) is 10.7 Å². The number of halogens is 2. The normalized spacial score (nSPS) is 12.5. The lowest BCUT2D eigenvalue weighted by atomic mass is 10.1. The van der Waals surface area contributed by atoms with Gasteiger partial charge in [0.05, 0.1) is 12.1 Å². The molecule has 162 valence electrons. The Kier molecular flexibility index (Phi) is 8.12. The summed E-state index contributed by atoms with van der Waals surface area (Å²) >= 11 is 5.64. The summed E-state index contributed by atoms with van der Waals surface area (Å²) in [4.78, 5) is 17.1. The molecule has 1 unspecified atom stereocenters. The number of amides is 1. The van der Waals surface area contributed by atoms with Gasteiger partial charge < -0.3 is 11.1 Å². The topological polar surface area (TPSA) is 98.2 Å². The summed E-state index contributed by atoms with van der Waals surface area (Å²) in [5.41, 5.74) is 7.31. The van der Waals surface area contributed by atoms with Crippen LogP contribution in [0.25, 0.3) is 11.3 Å². The van der Waals surface area contributed by atoms with Crippen LogP contribution in [0.1, 0.15) is 24.4 Å². The molecular weight excluding hydrogens is 419 g/mol. The Bertz CT molecular complexity index is 1020. The predicted molar refractivity (Wildman–Crippen MR) is 119 cm³/mol. The van der Waals surface area contributed by atoms with Gasteiger partial charge in [-0.05, 0) is 30.5 Å². The van der Waals surface area contributed by atoms with Gasteiger partial charge in [-0.15, -0.1) is 16.7 Å². The minimum Gasteiger partial charge on any atom is -0.386 e. The van der Waals surface area contributed by atoms with E-state index < -0.39 is 11.9 Å². The molecule has 7 nitrogen and oxygen atoms in total. The standard InChI is InChI=1S/C22H24ClFN6O/c23-13-21(25)26-12-6-11-20(22(31)27-14-16-7-2-1-3-8-16)30-15-19(28-29-30)17-9-4-5-10-18(17)24/h1-5,7-10,15,20H,6,11-14H2,(H2,25,26)(H,27,31). The van der Waals surface area contributed by atoms with Gasteiger partial charge in [0, 0.05) is 18.7 Å². The first kappa shape index (κ1) is 22.4. The molecule has 1 aromatic heterocycles. The zero-order chi connectivity index (χ0) is 22.1. The third-order valence-electron chi connectivity index (χ3n) is 4.68. The summed E-state index contributed by atoms with van der Waals surface area (Å²) in [6, 6.07) is 15.3. The Balaban J connectivity index is 1.75. The van der Waals surface area contributed by atoms with Gasteiger partial charge in [-0.1, -0.05) is 47.7 Å². The first-order chi connectivity index (χ1) is 15.1. The minimum absolute atomic E-state index is 0.163. The second kappa shape index (κ2) is 11.2. The molecule has 1 amide bonds. The smallest absolute Gasteiger partial charge is 0.245 e. The van der Waals surface area contributed by atoms with Crippen LogP contribution in [0.3, 0.4) is 0 Å². The number of rotatable bonds is 10. The first-order valence-corrected chi connectivity index (χ1v) is 10.4. The second-order valence-corrected chi connectivity index (χ2v) is 7.20. The molecule has 3 N–H and O–H groups in total. The number of carbonyl (C=O) groups is 1. The minimum atomic E-state index is -0.621. The van der Waals surface area contributed by atoms with E-state index in [2.05, 4.69) is 20.6 Å². The highest BCUT2D eigenvalue weighted by Crippen LogP contribution is 2.22. The van der Waals surface area contributed by atoms with Crippen LogP contribution in [-0.4, -0.2) is 39.2 Å². The molecule has 2 aromatic carbocycles. The van der Waals surface area contributed by atoms with Crippen LogP contribution in [0.5, 0.6) is 0 Å². The van der Waals surface area contributed by atoms with Gasteiger partial charge in [0.25, 0.3) is 0 Å². The van der Waals surface area contributed by atoms with Crippen molar-refractivity contribution in [3.05, 3.63) is 72.2 Å². The fourth-order valence-electron chi connectivity index (χ4n) is 3.06. The number of nitrogens with one attached hydrogen (secondary N) is 1. The van der Waals surface area contributed by atoms with Crippen LogP contribution in [-0.2, 0) is 11.3 Å². The molecule has 31 heavy (non-hydrogen) atoms. The van der Waals surface area contributed by atoms with Crippen molar-refractivity contribution in [1.82, 2.24) is 20.3 Å². The molecule has 0 bridgehead atoms. The van der Waals surface area contributed by atoms with E-state index >= 15 is 0 Å². The van der Waals surface area contributed by atoms with Gasteiger partial charge in [-0.25, -0.2) is 9.07 Å². The summed E-state index contributed by atoms with van der Waals surface area (Å²) in [5, 5.41) is 11.1. The van der Waals surface area contributed by atoms with Crippen molar-refractivity contribution in [2.45, 2.75) is 25.4 Å². The van der Waals surface area contributed by atoms with Gasteiger partial charge in [0.1, 0.15) is 23.4 Å². The van der Waals surface area contributed by atoms with Crippen molar-refractivity contribution < 1.29 is 9.18 Å². The van der Waals surface area contributed by atoms with Crippen molar-refractivity contribution >= 4 is 23.3 Å². The van der Waals surface area contributed by atoms with Gasteiger partial charge in [-0.2, -0.15) is 0 Å². The Labute approximate surface area is 185 Å². The van der Waals surface area contributed by atoms with Crippen molar-refractivity contribution in [3.8, 4) is 11.3 Å². The number of aromatic nitrogens is 3. The first-order valence-electron chi connectivity index (χ1n) is 9.91. The Morgan fingerprint density at radius 1 is 1.19 bits per heavy atom.